The number of rotatable bonds is 3. The Balaban J connectivity index is 3.26. The van der Waals surface area contributed by atoms with Crippen LogP contribution in [0.2, 0.25) is 0 Å². The third kappa shape index (κ3) is 2.53. The highest BCUT2D eigenvalue weighted by Crippen LogP contribution is 2.28. The Morgan fingerprint density at radius 2 is 2.07 bits per heavy atom. The van der Waals surface area contributed by atoms with Crippen molar-refractivity contribution in [2.75, 3.05) is 13.6 Å². The number of hydrogen-bond acceptors (Lipinski definition) is 2. The minimum Gasteiger partial charge on any atom is -0.387 e. The molecule has 1 aromatic carbocycles. The molecule has 0 heterocycles. The zero-order valence-electron chi connectivity index (χ0n) is 8.44. The van der Waals surface area contributed by atoms with Crippen molar-refractivity contribution in [2.24, 2.45) is 0 Å². The molecule has 0 saturated carbocycles. The third-order valence-corrected chi connectivity index (χ3v) is 2.68. The fourth-order valence-electron chi connectivity index (χ4n) is 1.34. The highest BCUT2D eigenvalue weighted by atomic mass is 79.9. The van der Waals surface area contributed by atoms with Crippen LogP contribution in [0.4, 0.5) is 8.78 Å². The van der Waals surface area contributed by atoms with E-state index in [4.69, 9.17) is 0 Å². The lowest BCUT2D eigenvalue weighted by Gasteiger charge is -2.14. The summed E-state index contributed by atoms with van der Waals surface area (Å²) >= 11 is 2.98. The fraction of sp³-hybridized carbons (Fsp3) is 0.400. The van der Waals surface area contributed by atoms with Gasteiger partial charge in [0.05, 0.1) is 16.1 Å². The molecule has 0 amide bonds. The standard InChI is InChI=1S/C10H12BrF2NO/c1-5-3-6(11)10(13)8(9(5)12)7(15)4-14-2/h3,7,14-15H,4H2,1-2H3. The smallest absolute Gasteiger partial charge is 0.146 e. The van der Waals surface area contributed by atoms with Crippen LogP contribution >= 0.6 is 15.9 Å². The monoisotopic (exact) mass is 279 g/mol. The number of nitrogens with one attached hydrogen (secondary N) is 1. The molecule has 2 N–H and O–H groups in total. The van der Waals surface area contributed by atoms with Gasteiger partial charge in [0, 0.05) is 6.54 Å². The molecule has 0 aliphatic heterocycles. The largest absolute Gasteiger partial charge is 0.387 e. The van der Waals surface area contributed by atoms with Crippen molar-refractivity contribution in [2.45, 2.75) is 13.0 Å². The van der Waals surface area contributed by atoms with Gasteiger partial charge >= 0.3 is 0 Å². The summed E-state index contributed by atoms with van der Waals surface area (Å²) < 4.78 is 27.3. The lowest BCUT2D eigenvalue weighted by atomic mass is 10.0. The minimum atomic E-state index is -1.19. The Hall–Kier alpha value is -0.520. The van der Waals surface area contributed by atoms with Gasteiger partial charge in [-0.3, -0.25) is 0 Å². The summed E-state index contributed by atoms with van der Waals surface area (Å²) in [5.74, 6) is -1.45. The van der Waals surface area contributed by atoms with E-state index in [-0.39, 0.29) is 16.6 Å². The van der Waals surface area contributed by atoms with Gasteiger partial charge in [-0.2, -0.15) is 0 Å². The van der Waals surface area contributed by atoms with E-state index in [0.717, 1.165) is 0 Å². The molecule has 0 bridgehead atoms. The number of halogens is 3. The van der Waals surface area contributed by atoms with Gasteiger partial charge < -0.3 is 10.4 Å². The second-order valence-corrected chi connectivity index (χ2v) is 4.14. The Morgan fingerprint density at radius 1 is 1.47 bits per heavy atom. The zero-order chi connectivity index (χ0) is 11.6. The molecule has 5 heteroatoms. The maximum atomic E-state index is 13.6. The van der Waals surface area contributed by atoms with Gasteiger partial charge in [0.15, 0.2) is 0 Å². The average Bonchev–Trinajstić information content (AvgIpc) is 2.16. The van der Waals surface area contributed by atoms with Gasteiger partial charge in [-0.05, 0) is 41.5 Å². The molecule has 0 saturated heterocycles. The molecule has 0 aliphatic rings. The van der Waals surface area contributed by atoms with E-state index in [9.17, 15) is 13.9 Å². The summed E-state index contributed by atoms with van der Waals surface area (Å²) in [7, 11) is 1.60. The van der Waals surface area contributed by atoms with Gasteiger partial charge in [0.2, 0.25) is 0 Å². The quantitative estimate of drug-likeness (QED) is 0.833. The molecule has 0 spiro atoms. The zero-order valence-corrected chi connectivity index (χ0v) is 10.0. The molecule has 0 fully saturated rings. The van der Waals surface area contributed by atoms with Gasteiger partial charge in [-0.15, -0.1) is 0 Å². The Kier molecular flexibility index (Phi) is 4.19. The second kappa shape index (κ2) is 5.01. The first-order chi connectivity index (χ1) is 6.99. The van der Waals surface area contributed by atoms with Crippen LogP contribution in [0, 0.1) is 18.6 Å². The van der Waals surface area contributed by atoms with Crippen molar-refractivity contribution >= 4 is 15.9 Å². The van der Waals surface area contributed by atoms with E-state index < -0.39 is 17.7 Å². The van der Waals surface area contributed by atoms with Crippen LogP contribution < -0.4 is 5.32 Å². The molecule has 1 aromatic rings. The minimum absolute atomic E-state index is 0.101. The number of likely N-dealkylation sites (N-methyl/N-ethyl adjacent to an activating group) is 1. The molecular weight excluding hydrogens is 268 g/mol. The van der Waals surface area contributed by atoms with Crippen molar-refractivity contribution < 1.29 is 13.9 Å². The lowest BCUT2D eigenvalue weighted by molar-refractivity contribution is 0.167. The average molecular weight is 280 g/mol. The summed E-state index contributed by atoms with van der Waals surface area (Å²) in [6, 6.07) is 1.35. The molecule has 1 unspecified atom stereocenters. The summed E-state index contributed by atoms with van der Waals surface area (Å²) in [5.41, 5.74) is 0.00431. The van der Waals surface area contributed by atoms with Crippen LogP contribution in [0.25, 0.3) is 0 Å². The third-order valence-electron chi connectivity index (χ3n) is 2.10. The van der Waals surface area contributed by atoms with E-state index in [0.29, 0.717) is 5.56 Å². The van der Waals surface area contributed by atoms with Crippen LogP contribution in [-0.2, 0) is 0 Å². The van der Waals surface area contributed by atoms with Crippen molar-refractivity contribution in [1.29, 1.82) is 0 Å². The summed E-state index contributed by atoms with van der Waals surface area (Å²) in [5, 5.41) is 12.2. The number of aliphatic hydroxyl groups is 1. The van der Waals surface area contributed by atoms with Crippen molar-refractivity contribution in [3.63, 3.8) is 0 Å². The SMILES string of the molecule is CNCC(O)c1c(F)c(C)cc(Br)c1F. The van der Waals surface area contributed by atoms with Gasteiger partial charge in [0.25, 0.3) is 0 Å². The molecule has 2 nitrogen and oxygen atoms in total. The predicted octanol–water partition coefficient (Wildman–Crippen LogP) is 2.29. The normalized spacial score (nSPS) is 12.9. The molecule has 0 radical (unpaired) electrons. The highest BCUT2D eigenvalue weighted by molar-refractivity contribution is 9.10. The highest BCUT2D eigenvalue weighted by Gasteiger charge is 2.21. The van der Waals surface area contributed by atoms with E-state index in [1.54, 1.807) is 7.05 Å². The van der Waals surface area contributed by atoms with Crippen molar-refractivity contribution in [3.8, 4) is 0 Å². The van der Waals surface area contributed by atoms with Gasteiger partial charge in [-0.25, -0.2) is 8.78 Å². The number of aliphatic hydroxyl groups excluding tert-OH is 1. The number of aryl methyl sites for hydroxylation is 1. The summed E-state index contributed by atoms with van der Waals surface area (Å²) in [6.45, 7) is 1.62. The Bertz CT molecular complexity index is 345. The van der Waals surface area contributed by atoms with Crippen LogP contribution in [0.3, 0.4) is 0 Å². The second-order valence-electron chi connectivity index (χ2n) is 3.29. The number of hydrogen-bond donors (Lipinski definition) is 2. The summed E-state index contributed by atoms with van der Waals surface area (Å²) in [4.78, 5) is 0. The molecule has 1 rings (SSSR count). The van der Waals surface area contributed by atoms with Crippen LogP contribution in [0.5, 0.6) is 0 Å². The van der Waals surface area contributed by atoms with Gasteiger partial charge in [0.1, 0.15) is 11.6 Å². The van der Waals surface area contributed by atoms with Crippen LogP contribution in [-0.4, -0.2) is 18.7 Å². The van der Waals surface area contributed by atoms with E-state index in [1.165, 1.54) is 13.0 Å². The van der Waals surface area contributed by atoms with Crippen LogP contribution in [0.15, 0.2) is 10.5 Å². The topological polar surface area (TPSA) is 32.3 Å². The first kappa shape index (κ1) is 12.5. The van der Waals surface area contributed by atoms with Crippen LogP contribution in [0.1, 0.15) is 17.2 Å². The maximum absolute atomic E-state index is 13.6. The van der Waals surface area contributed by atoms with Gasteiger partial charge in [-0.1, -0.05) is 0 Å². The maximum Gasteiger partial charge on any atom is 0.146 e. The first-order valence-electron chi connectivity index (χ1n) is 4.45. The van der Waals surface area contributed by atoms with Crippen molar-refractivity contribution in [3.05, 3.63) is 33.3 Å². The molecule has 0 aliphatic carbocycles. The molecule has 0 aromatic heterocycles. The molecule has 84 valence electrons. The Labute approximate surface area is 95.4 Å². The predicted molar refractivity (Wildman–Crippen MR) is 57.7 cm³/mol. The molecular formula is C10H12BrF2NO. The first-order valence-corrected chi connectivity index (χ1v) is 5.25. The van der Waals surface area contributed by atoms with E-state index in [2.05, 4.69) is 21.2 Å². The summed E-state index contributed by atoms with van der Waals surface area (Å²) in [6.07, 6.45) is -1.19. The fourth-order valence-corrected chi connectivity index (χ4v) is 1.90. The number of benzene rings is 1. The molecule has 15 heavy (non-hydrogen) atoms. The lowest BCUT2D eigenvalue weighted by Crippen LogP contribution is -2.19. The molecule has 1 atom stereocenters. The van der Waals surface area contributed by atoms with Crippen molar-refractivity contribution in [1.82, 2.24) is 5.32 Å². The Morgan fingerprint density at radius 3 is 2.60 bits per heavy atom. The van der Waals surface area contributed by atoms with E-state index in [1.807, 2.05) is 0 Å². The van der Waals surface area contributed by atoms with E-state index >= 15 is 0 Å².